The Hall–Kier alpha value is -1.51. The number of hydrogen-bond donors (Lipinski definition) is 2. The molecule has 0 radical (unpaired) electrons. The largest absolute Gasteiger partial charge is 0.465 e. The summed E-state index contributed by atoms with van der Waals surface area (Å²) in [5.74, 6) is 0.703. The quantitative estimate of drug-likeness (QED) is 0.797. The summed E-state index contributed by atoms with van der Waals surface area (Å²) in [4.78, 5) is 10.3. The number of carbonyl (C=O) groups is 1. The molecule has 1 amide bonds. The first-order chi connectivity index (χ1) is 7.25. The summed E-state index contributed by atoms with van der Waals surface area (Å²) in [6.45, 7) is 0.399. The van der Waals surface area contributed by atoms with Gasteiger partial charge in [0.1, 0.15) is 0 Å². The number of nitrogens with one attached hydrogen (secondary N) is 1. The molecule has 0 unspecified atom stereocenters. The average Bonchev–Trinajstić information content (AvgIpc) is 2.13. The Bertz CT molecular complexity index is 358. The standard InChI is InChI=1S/C12H15NO2/c14-12(15)13-8-9-3-1-6-11(7-9)10-4-2-5-10/h1,3,6-7,10,13H,2,4-5,8H2,(H,14,15). The lowest BCUT2D eigenvalue weighted by atomic mass is 9.80. The maximum atomic E-state index is 10.3. The lowest BCUT2D eigenvalue weighted by Gasteiger charge is -2.26. The van der Waals surface area contributed by atoms with Gasteiger partial charge in [0.2, 0.25) is 0 Å². The second-order valence-electron chi connectivity index (χ2n) is 4.03. The molecule has 1 fully saturated rings. The van der Waals surface area contributed by atoms with Crippen molar-refractivity contribution in [3.8, 4) is 0 Å². The molecular weight excluding hydrogens is 190 g/mol. The highest BCUT2D eigenvalue weighted by atomic mass is 16.4. The molecule has 1 aliphatic rings. The summed E-state index contributed by atoms with van der Waals surface area (Å²) in [6.07, 6.45) is 2.90. The minimum atomic E-state index is -0.968. The van der Waals surface area contributed by atoms with Crippen molar-refractivity contribution in [2.75, 3.05) is 0 Å². The fraction of sp³-hybridized carbons (Fsp3) is 0.417. The SMILES string of the molecule is O=C(O)NCc1cccc(C2CCC2)c1. The summed E-state index contributed by atoms with van der Waals surface area (Å²) in [5, 5.41) is 10.9. The Morgan fingerprint density at radius 2 is 2.27 bits per heavy atom. The summed E-state index contributed by atoms with van der Waals surface area (Å²) >= 11 is 0. The number of amides is 1. The summed E-state index contributed by atoms with van der Waals surface area (Å²) in [5.41, 5.74) is 2.40. The zero-order valence-electron chi connectivity index (χ0n) is 8.57. The van der Waals surface area contributed by atoms with Crippen LogP contribution < -0.4 is 5.32 Å². The molecule has 0 saturated heterocycles. The highest BCUT2D eigenvalue weighted by molar-refractivity contribution is 5.64. The van der Waals surface area contributed by atoms with Gasteiger partial charge in [0, 0.05) is 6.54 Å². The van der Waals surface area contributed by atoms with Gasteiger partial charge < -0.3 is 10.4 Å². The van der Waals surface area contributed by atoms with Crippen LogP contribution in [0, 0.1) is 0 Å². The zero-order valence-corrected chi connectivity index (χ0v) is 8.57. The van der Waals surface area contributed by atoms with Crippen molar-refractivity contribution in [1.82, 2.24) is 5.32 Å². The third kappa shape index (κ3) is 2.49. The van der Waals surface area contributed by atoms with Gasteiger partial charge in [-0.15, -0.1) is 0 Å². The Kier molecular flexibility index (Phi) is 2.90. The smallest absolute Gasteiger partial charge is 0.404 e. The summed E-state index contributed by atoms with van der Waals surface area (Å²) in [7, 11) is 0. The van der Waals surface area contributed by atoms with Crippen LogP contribution in [0.4, 0.5) is 4.79 Å². The van der Waals surface area contributed by atoms with Crippen LogP contribution in [0.15, 0.2) is 24.3 Å². The van der Waals surface area contributed by atoms with Crippen LogP contribution in [-0.4, -0.2) is 11.2 Å². The van der Waals surface area contributed by atoms with Crippen LogP contribution >= 0.6 is 0 Å². The lowest BCUT2D eigenvalue weighted by Crippen LogP contribution is -2.20. The van der Waals surface area contributed by atoms with Crippen molar-refractivity contribution in [2.24, 2.45) is 0 Å². The molecule has 1 saturated carbocycles. The van der Waals surface area contributed by atoms with E-state index in [0.717, 1.165) is 5.56 Å². The van der Waals surface area contributed by atoms with Crippen molar-refractivity contribution >= 4 is 6.09 Å². The van der Waals surface area contributed by atoms with Crippen molar-refractivity contribution in [1.29, 1.82) is 0 Å². The van der Waals surface area contributed by atoms with Crippen LogP contribution in [0.1, 0.15) is 36.3 Å². The van der Waals surface area contributed by atoms with E-state index in [1.54, 1.807) is 0 Å². The van der Waals surface area contributed by atoms with Crippen LogP contribution in [0.3, 0.4) is 0 Å². The van der Waals surface area contributed by atoms with Gasteiger partial charge in [-0.3, -0.25) is 0 Å². The molecule has 1 aromatic carbocycles. The number of benzene rings is 1. The minimum absolute atomic E-state index is 0.399. The van der Waals surface area contributed by atoms with E-state index in [-0.39, 0.29) is 0 Å². The molecular formula is C12H15NO2. The minimum Gasteiger partial charge on any atom is -0.465 e. The highest BCUT2D eigenvalue weighted by Gasteiger charge is 2.19. The molecule has 2 rings (SSSR count). The first-order valence-corrected chi connectivity index (χ1v) is 5.31. The first-order valence-electron chi connectivity index (χ1n) is 5.31. The van der Waals surface area contributed by atoms with Crippen molar-refractivity contribution < 1.29 is 9.90 Å². The van der Waals surface area contributed by atoms with Crippen molar-refractivity contribution in [3.63, 3.8) is 0 Å². The number of hydrogen-bond acceptors (Lipinski definition) is 1. The van der Waals surface area contributed by atoms with Crippen LogP contribution in [0.25, 0.3) is 0 Å². The van der Waals surface area contributed by atoms with E-state index in [1.807, 2.05) is 12.1 Å². The second kappa shape index (κ2) is 4.34. The Balaban J connectivity index is 2.01. The van der Waals surface area contributed by atoms with Gasteiger partial charge in [-0.25, -0.2) is 4.79 Å². The Morgan fingerprint density at radius 1 is 1.47 bits per heavy atom. The van der Waals surface area contributed by atoms with E-state index >= 15 is 0 Å². The van der Waals surface area contributed by atoms with E-state index in [0.29, 0.717) is 12.5 Å². The second-order valence-corrected chi connectivity index (χ2v) is 4.03. The zero-order chi connectivity index (χ0) is 10.7. The predicted molar refractivity (Wildman–Crippen MR) is 57.9 cm³/mol. The predicted octanol–water partition coefficient (Wildman–Crippen LogP) is 2.72. The third-order valence-electron chi connectivity index (χ3n) is 2.97. The number of carboxylic acid groups (broad SMARTS) is 1. The van der Waals surface area contributed by atoms with E-state index in [1.165, 1.54) is 24.8 Å². The fourth-order valence-corrected chi connectivity index (χ4v) is 1.88. The van der Waals surface area contributed by atoms with Gasteiger partial charge in [0.25, 0.3) is 0 Å². The molecule has 0 spiro atoms. The van der Waals surface area contributed by atoms with Gasteiger partial charge in [-0.2, -0.15) is 0 Å². The molecule has 2 N–H and O–H groups in total. The molecule has 0 atom stereocenters. The van der Waals surface area contributed by atoms with E-state index in [2.05, 4.69) is 17.4 Å². The van der Waals surface area contributed by atoms with Gasteiger partial charge in [0.05, 0.1) is 0 Å². The van der Waals surface area contributed by atoms with Crippen molar-refractivity contribution in [3.05, 3.63) is 35.4 Å². The maximum Gasteiger partial charge on any atom is 0.404 e. The molecule has 0 aliphatic heterocycles. The van der Waals surface area contributed by atoms with Gasteiger partial charge in [-0.1, -0.05) is 30.7 Å². The highest BCUT2D eigenvalue weighted by Crippen LogP contribution is 2.36. The first kappa shape index (κ1) is 10.0. The van der Waals surface area contributed by atoms with E-state index in [9.17, 15) is 4.79 Å². The molecule has 1 aliphatic carbocycles. The fourth-order valence-electron chi connectivity index (χ4n) is 1.88. The topological polar surface area (TPSA) is 49.3 Å². The molecule has 0 aromatic heterocycles. The molecule has 0 bridgehead atoms. The van der Waals surface area contributed by atoms with E-state index in [4.69, 9.17) is 5.11 Å². The number of rotatable bonds is 3. The average molecular weight is 205 g/mol. The Morgan fingerprint density at radius 3 is 2.87 bits per heavy atom. The van der Waals surface area contributed by atoms with Crippen LogP contribution in [0.2, 0.25) is 0 Å². The summed E-state index contributed by atoms with van der Waals surface area (Å²) in [6, 6.07) is 8.21. The monoisotopic (exact) mass is 205 g/mol. The van der Waals surface area contributed by atoms with Crippen LogP contribution in [-0.2, 0) is 6.54 Å². The van der Waals surface area contributed by atoms with Crippen LogP contribution in [0.5, 0.6) is 0 Å². The molecule has 80 valence electrons. The lowest BCUT2D eigenvalue weighted by molar-refractivity contribution is 0.194. The third-order valence-corrected chi connectivity index (χ3v) is 2.97. The molecule has 1 aromatic rings. The van der Waals surface area contributed by atoms with Gasteiger partial charge >= 0.3 is 6.09 Å². The molecule has 3 heteroatoms. The normalized spacial score (nSPS) is 15.7. The molecule has 15 heavy (non-hydrogen) atoms. The summed E-state index contributed by atoms with van der Waals surface area (Å²) < 4.78 is 0. The molecule has 3 nitrogen and oxygen atoms in total. The molecule has 0 heterocycles. The van der Waals surface area contributed by atoms with Gasteiger partial charge in [0.15, 0.2) is 0 Å². The van der Waals surface area contributed by atoms with Gasteiger partial charge in [-0.05, 0) is 29.9 Å². The maximum absolute atomic E-state index is 10.3. The Labute approximate surface area is 89.1 Å². The van der Waals surface area contributed by atoms with Crippen molar-refractivity contribution in [2.45, 2.75) is 31.7 Å². The van der Waals surface area contributed by atoms with E-state index < -0.39 is 6.09 Å².